The molecule has 0 atom stereocenters. The monoisotopic (exact) mass is 437 g/mol. The van der Waals surface area contributed by atoms with Crippen molar-refractivity contribution >= 4 is 17.4 Å². The van der Waals surface area contributed by atoms with Gasteiger partial charge in [0.25, 0.3) is 5.56 Å². The zero-order chi connectivity index (χ0) is 21.9. The van der Waals surface area contributed by atoms with E-state index in [4.69, 9.17) is 4.98 Å². The van der Waals surface area contributed by atoms with Crippen LogP contribution in [0.4, 0.5) is 0 Å². The third-order valence-electron chi connectivity index (χ3n) is 4.99. The van der Waals surface area contributed by atoms with Crippen molar-refractivity contribution in [2.45, 2.75) is 17.8 Å². The topological polar surface area (TPSA) is 73.0 Å². The summed E-state index contributed by atoms with van der Waals surface area (Å²) in [5.41, 5.74) is 5.71. The highest BCUT2D eigenvalue weighted by molar-refractivity contribution is 7.98. The first kappa shape index (κ1) is 20.1. The van der Waals surface area contributed by atoms with Gasteiger partial charge in [-0.1, -0.05) is 72.4 Å². The number of thioether (sulfide) groups is 1. The van der Waals surface area contributed by atoms with Crippen LogP contribution < -0.4 is 5.56 Å². The molecule has 0 saturated heterocycles. The Bertz CT molecular complexity index is 1450. The van der Waals surface area contributed by atoms with E-state index in [9.17, 15) is 4.79 Å². The van der Waals surface area contributed by atoms with Gasteiger partial charge in [-0.3, -0.25) is 9.20 Å². The van der Waals surface area contributed by atoms with Crippen molar-refractivity contribution in [3.8, 4) is 22.5 Å². The second kappa shape index (κ2) is 8.72. The van der Waals surface area contributed by atoms with Crippen molar-refractivity contribution in [2.24, 2.45) is 0 Å². The molecule has 0 bridgehead atoms. The highest BCUT2D eigenvalue weighted by Gasteiger charge is 2.14. The van der Waals surface area contributed by atoms with E-state index in [-0.39, 0.29) is 5.56 Å². The molecular formula is C25H19N5OS. The molecule has 0 saturated carbocycles. The van der Waals surface area contributed by atoms with Crippen molar-refractivity contribution in [1.29, 1.82) is 0 Å². The highest BCUT2D eigenvalue weighted by Crippen LogP contribution is 2.30. The van der Waals surface area contributed by atoms with E-state index in [0.29, 0.717) is 22.3 Å². The lowest BCUT2D eigenvalue weighted by Crippen LogP contribution is -2.15. The average Bonchev–Trinajstić information content (AvgIpc) is 2.83. The molecule has 32 heavy (non-hydrogen) atoms. The summed E-state index contributed by atoms with van der Waals surface area (Å²) in [7, 11) is 0. The summed E-state index contributed by atoms with van der Waals surface area (Å²) in [5.74, 6) is 0.472. The first-order chi connectivity index (χ1) is 15.7. The fraction of sp³-hybridized carbons (Fsp3) is 0.0800. The number of nitrogens with zero attached hydrogens (tertiary/aromatic N) is 5. The molecule has 5 aromatic rings. The minimum absolute atomic E-state index is 0.103. The summed E-state index contributed by atoms with van der Waals surface area (Å²) in [6.45, 7) is 1.98. The Morgan fingerprint density at radius 3 is 2.22 bits per heavy atom. The van der Waals surface area contributed by atoms with Crippen LogP contribution in [0.3, 0.4) is 0 Å². The van der Waals surface area contributed by atoms with Crippen LogP contribution in [0.1, 0.15) is 11.3 Å². The van der Waals surface area contributed by atoms with E-state index in [0.717, 1.165) is 28.1 Å². The minimum atomic E-state index is -0.103. The van der Waals surface area contributed by atoms with Crippen molar-refractivity contribution in [3.05, 3.63) is 107 Å². The molecule has 7 heteroatoms. The predicted molar refractivity (Wildman–Crippen MR) is 126 cm³/mol. The fourth-order valence-electron chi connectivity index (χ4n) is 3.43. The maximum Gasteiger partial charge on any atom is 0.258 e. The van der Waals surface area contributed by atoms with Gasteiger partial charge < -0.3 is 0 Å². The largest absolute Gasteiger partial charge is 0.269 e. The Morgan fingerprint density at radius 1 is 0.812 bits per heavy atom. The van der Waals surface area contributed by atoms with E-state index in [1.807, 2.05) is 79.7 Å². The van der Waals surface area contributed by atoms with Gasteiger partial charge >= 0.3 is 0 Å². The molecule has 6 nitrogen and oxygen atoms in total. The third-order valence-corrected chi connectivity index (χ3v) is 5.86. The molecule has 0 N–H and O–H groups in total. The first-order valence-corrected chi connectivity index (χ1v) is 11.1. The van der Waals surface area contributed by atoms with Gasteiger partial charge in [0, 0.05) is 29.1 Å². The van der Waals surface area contributed by atoms with Gasteiger partial charge in [0.1, 0.15) is 17.0 Å². The molecule has 5 rings (SSSR count). The normalized spacial score (nSPS) is 11.0. The molecule has 0 aliphatic carbocycles. The maximum absolute atomic E-state index is 12.4. The van der Waals surface area contributed by atoms with Gasteiger partial charge in [0.15, 0.2) is 0 Å². The fourth-order valence-corrected chi connectivity index (χ4v) is 4.11. The van der Waals surface area contributed by atoms with Crippen molar-refractivity contribution < 1.29 is 0 Å². The lowest BCUT2D eigenvalue weighted by Gasteiger charge is -2.09. The van der Waals surface area contributed by atoms with Crippen LogP contribution in [0.5, 0.6) is 0 Å². The number of benzene rings is 2. The van der Waals surface area contributed by atoms with E-state index >= 15 is 0 Å². The zero-order valence-electron chi connectivity index (χ0n) is 17.3. The minimum Gasteiger partial charge on any atom is -0.269 e. The Kier molecular flexibility index (Phi) is 5.47. The summed E-state index contributed by atoms with van der Waals surface area (Å²) in [4.78, 5) is 21.9. The van der Waals surface area contributed by atoms with Crippen LogP contribution in [0.25, 0.3) is 28.2 Å². The van der Waals surface area contributed by atoms with Gasteiger partial charge in [0.05, 0.1) is 5.69 Å². The number of rotatable bonds is 5. The SMILES string of the molecule is Cc1ccn2c(=O)cc(CSc3nnc(-c4ccccc4)c(-c4ccccc4)n3)nc2c1. The molecule has 3 aromatic heterocycles. The van der Waals surface area contributed by atoms with E-state index in [1.54, 1.807) is 16.7 Å². The van der Waals surface area contributed by atoms with Crippen LogP contribution in [0.15, 0.2) is 95.0 Å². The lowest BCUT2D eigenvalue weighted by molar-refractivity contribution is 0.849. The molecule has 3 heterocycles. The molecule has 156 valence electrons. The van der Waals surface area contributed by atoms with Crippen molar-refractivity contribution in [1.82, 2.24) is 24.6 Å². The van der Waals surface area contributed by atoms with Gasteiger partial charge in [-0.05, 0) is 24.6 Å². The maximum atomic E-state index is 12.4. The summed E-state index contributed by atoms with van der Waals surface area (Å²) in [6.07, 6.45) is 1.75. The van der Waals surface area contributed by atoms with E-state index < -0.39 is 0 Å². The van der Waals surface area contributed by atoms with Crippen LogP contribution in [0, 0.1) is 6.92 Å². The number of fused-ring (bicyclic) bond motifs is 1. The van der Waals surface area contributed by atoms with Crippen LogP contribution in [-0.2, 0) is 5.75 Å². The summed E-state index contributed by atoms with van der Waals surface area (Å²) in [5, 5.41) is 9.38. The van der Waals surface area contributed by atoms with E-state index in [2.05, 4.69) is 15.2 Å². The summed E-state index contributed by atoms with van der Waals surface area (Å²) >= 11 is 1.41. The first-order valence-electron chi connectivity index (χ1n) is 10.1. The molecule has 0 fully saturated rings. The van der Waals surface area contributed by atoms with Crippen molar-refractivity contribution in [3.63, 3.8) is 0 Å². The molecule has 0 aliphatic heterocycles. The second-order valence-corrected chi connectivity index (χ2v) is 8.27. The number of hydrogen-bond donors (Lipinski definition) is 0. The van der Waals surface area contributed by atoms with Crippen LogP contribution >= 0.6 is 11.8 Å². The average molecular weight is 438 g/mol. The van der Waals surface area contributed by atoms with Crippen LogP contribution in [-0.4, -0.2) is 24.6 Å². The molecule has 0 unspecified atom stereocenters. The molecule has 0 aliphatic rings. The standard InChI is InChI=1S/C25H19N5OS/c1-17-12-13-30-21(14-17)26-20(15-22(30)31)16-32-25-27-23(18-8-4-2-5-9-18)24(28-29-25)19-10-6-3-7-11-19/h2-15H,16H2,1H3. The third kappa shape index (κ3) is 4.15. The number of aryl methyl sites for hydroxylation is 1. The summed E-state index contributed by atoms with van der Waals surface area (Å²) < 4.78 is 1.54. The second-order valence-electron chi connectivity index (χ2n) is 7.33. The molecule has 2 aromatic carbocycles. The number of hydrogen-bond acceptors (Lipinski definition) is 6. The Balaban J connectivity index is 1.48. The predicted octanol–water partition coefficient (Wildman–Crippen LogP) is 4.81. The number of pyridine rings is 1. The molecule has 0 spiro atoms. The number of aromatic nitrogens is 5. The Labute approximate surface area is 189 Å². The van der Waals surface area contributed by atoms with Gasteiger partial charge in [-0.25, -0.2) is 9.97 Å². The molecule has 0 radical (unpaired) electrons. The Morgan fingerprint density at radius 2 is 1.50 bits per heavy atom. The lowest BCUT2D eigenvalue weighted by atomic mass is 10.0. The van der Waals surface area contributed by atoms with Crippen molar-refractivity contribution in [2.75, 3.05) is 0 Å². The highest BCUT2D eigenvalue weighted by atomic mass is 32.2. The van der Waals surface area contributed by atoms with Crippen LogP contribution in [0.2, 0.25) is 0 Å². The smallest absolute Gasteiger partial charge is 0.258 e. The van der Waals surface area contributed by atoms with E-state index in [1.165, 1.54) is 11.8 Å². The quantitative estimate of drug-likeness (QED) is 0.367. The van der Waals surface area contributed by atoms with Gasteiger partial charge in [-0.2, -0.15) is 0 Å². The molecule has 0 amide bonds. The van der Waals surface area contributed by atoms with Gasteiger partial charge in [-0.15, -0.1) is 10.2 Å². The zero-order valence-corrected chi connectivity index (χ0v) is 18.2. The summed E-state index contributed by atoms with van der Waals surface area (Å²) in [6, 6.07) is 25.2. The Hall–Kier alpha value is -3.84. The molecular weight excluding hydrogens is 418 g/mol. The van der Waals surface area contributed by atoms with Gasteiger partial charge in [0.2, 0.25) is 5.16 Å².